The molecule has 0 saturated carbocycles. The van der Waals surface area contributed by atoms with E-state index >= 15 is 0 Å². The molecule has 67 valence electrons. The van der Waals surface area contributed by atoms with Gasteiger partial charge in [-0.3, -0.25) is 0 Å². The van der Waals surface area contributed by atoms with E-state index in [-0.39, 0.29) is 6.61 Å². The summed E-state index contributed by atoms with van der Waals surface area (Å²) in [6.45, 7) is 3.25. The molecule has 0 N–H and O–H groups in total. The van der Waals surface area contributed by atoms with Gasteiger partial charge in [0.25, 0.3) is 0 Å². The van der Waals surface area contributed by atoms with Crippen LogP contribution in [0.3, 0.4) is 0 Å². The monoisotopic (exact) mass is 159 g/mol. The Morgan fingerprint density at radius 2 is 1.73 bits per heavy atom. The van der Waals surface area contributed by atoms with E-state index in [0.29, 0.717) is 6.61 Å². The SMILES string of the molecule is CCCCCCCOCC[O]. The second-order valence-corrected chi connectivity index (χ2v) is 2.73. The van der Waals surface area contributed by atoms with E-state index in [2.05, 4.69) is 6.92 Å². The molecule has 1 radical (unpaired) electrons. The molecular formula is C9H19O2. The molecule has 0 fully saturated rings. The lowest BCUT2D eigenvalue weighted by Gasteiger charge is -2.00. The molecule has 0 aliphatic carbocycles. The molecule has 0 heterocycles. The second kappa shape index (κ2) is 9.92. The lowest BCUT2D eigenvalue weighted by Crippen LogP contribution is -1.99. The van der Waals surface area contributed by atoms with Crippen LogP contribution in [-0.2, 0) is 9.84 Å². The van der Waals surface area contributed by atoms with Crippen molar-refractivity contribution in [2.24, 2.45) is 0 Å². The van der Waals surface area contributed by atoms with E-state index in [0.717, 1.165) is 13.0 Å². The fourth-order valence-electron chi connectivity index (χ4n) is 0.969. The zero-order valence-corrected chi connectivity index (χ0v) is 7.47. The Morgan fingerprint density at radius 1 is 1.00 bits per heavy atom. The van der Waals surface area contributed by atoms with Crippen molar-refractivity contribution in [1.29, 1.82) is 0 Å². The molecule has 2 heteroatoms. The molecule has 2 nitrogen and oxygen atoms in total. The fourth-order valence-corrected chi connectivity index (χ4v) is 0.969. The van der Waals surface area contributed by atoms with Crippen molar-refractivity contribution in [1.82, 2.24) is 0 Å². The van der Waals surface area contributed by atoms with Crippen LogP contribution in [0.1, 0.15) is 39.0 Å². The topological polar surface area (TPSA) is 29.1 Å². The molecule has 0 aliphatic heterocycles. The summed E-state index contributed by atoms with van der Waals surface area (Å²) in [7, 11) is 0. The van der Waals surface area contributed by atoms with Gasteiger partial charge >= 0.3 is 0 Å². The van der Waals surface area contributed by atoms with Crippen LogP contribution in [0.5, 0.6) is 0 Å². The van der Waals surface area contributed by atoms with Gasteiger partial charge in [0.2, 0.25) is 0 Å². The van der Waals surface area contributed by atoms with E-state index in [1.807, 2.05) is 0 Å². The van der Waals surface area contributed by atoms with Crippen LogP contribution < -0.4 is 0 Å². The van der Waals surface area contributed by atoms with E-state index in [9.17, 15) is 5.11 Å². The average molecular weight is 159 g/mol. The molecule has 0 bridgehead atoms. The molecule has 11 heavy (non-hydrogen) atoms. The summed E-state index contributed by atoms with van der Waals surface area (Å²) in [6, 6.07) is 0. The van der Waals surface area contributed by atoms with Gasteiger partial charge in [-0.1, -0.05) is 32.6 Å². The predicted octanol–water partition coefficient (Wildman–Crippen LogP) is 2.40. The van der Waals surface area contributed by atoms with Gasteiger partial charge in [-0.15, -0.1) is 0 Å². The van der Waals surface area contributed by atoms with Crippen LogP contribution in [0.15, 0.2) is 0 Å². The smallest absolute Gasteiger partial charge is 0.106 e. The van der Waals surface area contributed by atoms with Crippen molar-refractivity contribution in [3.8, 4) is 0 Å². The number of hydrogen-bond donors (Lipinski definition) is 0. The Balaban J connectivity index is 2.69. The van der Waals surface area contributed by atoms with Gasteiger partial charge in [-0.2, -0.15) is 0 Å². The molecule has 0 rings (SSSR count). The van der Waals surface area contributed by atoms with Crippen LogP contribution in [0.2, 0.25) is 0 Å². The summed E-state index contributed by atoms with van der Waals surface area (Å²) < 4.78 is 5.05. The highest BCUT2D eigenvalue weighted by atomic mass is 16.5. The van der Waals surface area contributed by atoms with Crippen molar-refractivity contribution in [2.75, 3.05) is 19.8 Å². The van der Waals surface area contributed by atoms with Crippen LogP contribution >= 0.6 is 0 Å². The first-order valence-electron chi connectivity index (χ1n) is 4.57. The summed E-state index contributed by atoms with van der Waals surface area (Å²) in [6.07, 6.45) is 6.26. The van der Waals surface area contributed by atoms with E-state index in [1.54, 1.807) is 0 Å². The first-order valence-corrected chi connectivity index (χ1v) is 4.57. The van der Waals surface area contributed by atoms with Gasteiger partial charge in [0, 0.05) is 6.61 Å². The Kier molecular flexibility index (Phi) is 9.85. The Hall–Kier alpha value is -0.0800. The molecular weight excluding hydrogens is 140 g/mol. The predicted molar refractivity (Wildman–Crippen MR) is 45.1 cm³/mol. The first kappa shape index (κ1) is 10.9. The molecule has 0 atom stereocenters. The van der Waals surface area contributed by atoms with Gasteiger partial charge in [0.1, 0.15) is 6.61 Å². The quantitative estimate of drug-likeness (QED) is 0.500. The van der Waals surface area contributed by atoms with Crippen LogP contribution in [0, 0.1) is 0 Å². The second-order valence-electron chi connectivity index (χ2n) is 2.73. The lowest BCUT2D eigenvalue weighted by molar-refractivity contribution is 0.0618. The molecule has 0 amide bonds. The third-order valence-corrected chi connectivity index (χ3v) is 1.62. The van der Waals surface area contributed by atoms with Gasteiger partial charge < -0.3 is 4.74 Å². The van der Waals surface area contributed by atoms with E-state index < -0.39 is 0 Å². The molecule has 0 aromatic heterocycles. The maximum Gasteiger partial charge on any atom is 0.106 e. The summed E-state index contributed by atoms with van der Waals surface area (Å²) in [5.74, 6) is 0. The van der Waals surface area contributed by atoms with Crippen molar-refractivity contribution in [3.63, 3.8) is 0 Å². The summed E-state index contributed by atoms with van der Waals surface area (Å²) in [5.41, 5.74) is 0. The number of hydrogen-bond acceptors (Lipinski definition) is 1. The van der Waals surface area contributed by atoms with Gasteiger partial charge in [-0.25, -0.2) is 5.11 Å². The summed E-state index contributed by atoms with van der Waals surface area (Å²) >= 11 is 0. The normalized spacial score (nSPS) is 10.4. The van der Waals surface area contributed by atoms with Crippen LogP contribution in [0.4, 0.5) is 0 Å². The maximum atomic E-state index is 9.94. The van der Waals surface area contributed by atoms with Crippen molar-refractivity contribution in [3.05, 3.63) is 0 Å². The number of rotatable bonds is 8. The minimum Gasteiger partial charge on any atom is -0.379 e. The zero-order chi connectivity index (χ0) is 8.36. The standard InChI is InChI=1S/C9H19O2/c1-2-3-4-5-6-8-11-9-7-10/h2-9H2,1H3. The highest BCUT2D eigenvalue weighted by molar-refractivity contribution is 4.41. The van der Waals surface area contributed by atoms with E-state index in [4.69, 9.17) is 4.74 Å². The van der Waals surface area contributed by atoms with Crippen LogP contribution in [-0.4, -0.2) is 19.8 Å². The number of unbranched alkanes of at least 4 members (excludes halogenated alkanes) is 4. The van der Waals surface area contributed by atoms with Crippen molar-refractivity contribution >= 4 is 0 Å². The van der Waals surface area contributed by atoms with Gasteiger partial charge in [0.15, 0.2) is 0 Å². The Bertz CT molecular complexity index is 56.6. The molecule has 0 spiro atoms. The molecule has 0 aromatic carbocycles. The average Bonchev–Trinajstić information content (AvgIpc) is 2.03. The third kappa shape index (κ3) is 9.92. The van der Waals surface area contributed by atoms with Gasteiger partial charge in [0.05, 0.1) is 6.61 Å². The minimum atomic E-state index is -0.102. The van der Waals surface area contributed by atoms with Crippen molar-refractivity contribution < 1.29 is 9.84 Å². The molecule has 0 aromatic rings. The Labute approximate surface area is 69.6 Å². The fraction of sp³-hybridized carbons (Fsp3) is 1.00. The number of ether oxygens (including phenoxy) is 1. The summed E-state index contributed by atoms with van der Waals surface area (Å²) in [4.78, 5) is 0. The highest BCUT2D eigenvalue weighted by Crippen LogP contribution is 2.01. The lowest BCUT2D eigenvalue weighted by atomic mass is 10.2. The molecule has 0 saturated heterocycles. The zero-order valence-electron chi connectivity index (χ0n) is 7.47. The van der Waals surface area contributed by atoms with Crippen molar-refractivity contribution in [2.45, 2.75) is 39.0 Å². The molecule has 0 unspecified atom stereocenters. The maximum absolute atomic E-state index is 9.94. The molecule has 0 aliphatic rings. The summed E-state index contributed by atoms with van der Waals surface area (Å²) in [5, 5.41) is 9.94. The Morgan fingerprint density at radius 3 is 2.36 bits per heavy atom. The van der Waals surface area contributed by atoms with Crippen LogP contribution in [0.25, 0.3) is 0 Å². The first-order chi connectivity index (χ1) is 5.41. The minimum absolute atomic E-state index is 0.102. The highest BCUT2D eigenvalue weighted by Gasteiger charge is 1.89. The largest absolute Gasteiger partial charge is 0.379 e. The van der Waals surface area contributed by atoms with E-state index in [1.165, 1.54) is 25.7 Å². The third-order valence-electron chi connectivity index (χ3n) is 1.62. The van der Waals surface area contributed by atoms with Gasteiger partial charge in [-0.05, 0) is 6.42 Å².